The highest BCUT2D eigenvalue weighted by Crippen LogP contribution is 2.39. The van der Waals surface area contributed by atoms with Crippen LogP contribution in [0.1, 0.15) is 26.3 Å². The first-order chi connectivity index (χ1) is 16.5. The van der Waals surface area contributed by atoms with Crippen LogP contribution in [0.4, 0.5) is 18.9 Å². The van der Waals surface area contributed by atoms with Gasteiger partial charge >= 0.3 is 6.18 Å². The Morgan fingerprint density at radius 1 is 1.11 bits per heavy atom. The topological polar surface area (TPSA) is 107 Å². The Balaban J connectivity index is 1.88. The minimum Gasteiger partial charge on any atom is -0.376 e. The predicted octanol–water partition coefficient (Wildman–Crippen LogP) is 2.97. The summed E-state index contributed by atoms with van der Waals surface area (Å²) in [7, 11) is -7.41. The van der Waals surface area contributed by atoms with Crippen LogP contribution in [-0.2, 0) is 25.6 Å². The molecule has 0 spiro atoms. The fourth-order valence-electron chi connectivity index (χ4n) is 3.96. The first kappa shape index (κ1) is 28.9. The maximum atomic E-state index is 13.2. The molecule has 2 atom stereocenters. The standard InChI is InChI=1S/C22H30F3N3O5S3/c1-16(2)15-35(30,31)26-13-19-14-27(36(32,33)20-5-4-12-34-20)10-11-28(19)18-8-6-17(7-9-18)21(3,29)22(23,24)25/h4-9,12,16,19,26,29H,10-11,13-15H2,1-3H3/t19-,21+/m0/s1. The van der Waals surface area contributed by atoms with Gasteiger partial charge in [-0.15, -0.1) is 11.3 Å². The van der Waals surface area contributed by atoms with Crippen LogP contribution in [0, 0.1) is 5.92 Å². The van der Waals surface area contributed by atoms with E-state index >= 15 is 0 Å². The number of nitrogens with one attached hydrogen (secondary N) is 1. The number of sulfonamides is 2. The minimum absolute atomic E-state index is 0.0214. The minimum atomic E-state index is -4.87. The van der Waals surface area contributed by atoms with Crippen molar-refractivity contribution in [1.29, 1.82) is 0 Å². The predicted molar refractivity (Wildman–Crippen MR) is 133 cm³/mol. The molecule has 2 N–H and O–H groups in total. The van der Waals surface area contributed by atoms with Crippen molar-refractivity contribution in [3.05, 3.63) is 47.3 Å². The Hall–Kier alpha value is -1.71. The molecule has 0 aliphatic carbocycles. The third-order valence-electron chi connectivity index (χ3n) is 5.94. The molecule has 1 aliphatic rings. The average Bonchev–Trinajstić information content (AvgIpc) is 3.32. The molecule has 0 radical (unpaired) electrons. The fourth-order valence-corrected chi connectivity index (χ4v) is 8.01. The summed E-state index contributed by atoms with van der Waals surface area (Å²) in [6.07, 6.45) is -4.87. The lowest BCUT2D eigenvalue weighted by atomic mass is 9.95. The van der Waals surface area contributed by atoms with E-state index in [0.717, 1.165) is 23.5 Å². The number of piperazine rings is 1. The summed E-state index contributed by atoms with van der Waals surface area (Å²) in [5.74, 6) is -0.215. The molecule has 1 saturated heterocycles. The molecular weight excluding hydrogens is 539 g/mol. The number of halogens is 3. The van der Waals surface area contributed by atoms with Gasteiger partial charge in [0.15, 0.2) is 5.60 Å². The molecule has 1 aliphatic heterocycles. The van der Waals surface area contributed by atoms with Gasteiger partial charge in [-0.25, -0.2) is 21.6 Å². The Morgan fingerprint density at radius 2 is 1.75 bits per heavy atom. The number of benzene rings is 1. The van der Waals surface area contributed by atoms with Gasteiger partial charge in [0.25, 0.3) is 10.0 Å². The zero-order valence-electron chi connectivity index (χ0n) is 20.1. The number of hydrogen-bond acceptors (Lipinski definition) is 7. The maximum absolute atomic E-state index is 13.2. The number of alkyl halides is 3. The van der Waals surface area contributed by atoms with Crippen LogP contribution in [0.5, 0.6) is 0 Å². The van der Waals surface area contributed by atoms with Gasteiger partial charge in [0, 0.05) is 31.9 Å². The first-order valence-corrected chi connectivity index (χ1v) is 15.2. The molecular formula is C22H30F3N3O5S3. The highest BCUT2D eigenvalue weighted by Gasteiger charge is 2.51. The molecule has 1 aromatic carbocycles. The molecule has 36 heavy (non-hydrogen) atoms. The van der Waals surface area contributed by atoms with E-state index < -0.39 is 37.9 Å². The summed E-state index contributed by atoms with van der Waals surface area (Å²) < 4.78 is 94.7. The van der Waals surface area contributed by atoms with Gasteiger partial charge in [0.1, 0.15) is 4.21 Å². The van der Waals surface area contributed by atoms with E-state index in [1.165, 1.54) is 22.5 Å². The van der Waals surface area contributed by atoms with Gasteiger partial charge in [0.2, 0.25) is 10.0 Å². The third-order valence-corrected chi connectivity index (χ3v) is 10.9. The molecule has 2 heterocycles. The Kier molecular flexibility index (Phi) is 8.48. The Bertz CT molecular complexity index is 1230. The lowest BCUT2D eigenvalue weighted by Gasteiger charge is -2.42. The van der Waals surface area contributed by atoms with Crippen molar-refractivity contribution in [2.75, 3.05) is 36.8 Å². The average molecular weight is 570 g/mol. The van der Waals surface area contributed by atoms with E-state index in [0.29, 0.717) is 12.6 Å². The van der Waals surface area contributed by atoms with Gasteiger partial charge in [-0.05, 0) is 42.0 Å². The lowest BCUT2D eigenvalue weighted by molar-refractivity contribution is -0.258. The monoisotopic (exact) mass is 569 g/mol. The smallest absolute Gasteiger partial charge is 0.376 e. The Labute approximate surface area is 213 Å². The van der Waals surface area contributed by atoms with Crippen molar-refractivity contribution in [1.82, 2.24) is 9.03 Å². The summed E-state index contributed by atoms with van der Waals surface area (Å²) >= 11 is 1.08. The van der Waals surface area contributed by atoms with E-state index in [1.54, 1.807) is 30.2 Å². The quantitative estimate of drug-likeness (QED) is 0.481. The van der Waals surface area contributed by atoms with Crippen molar-refractivity contribution in [3.63, 3.8) is 0 Å². The normalized spacial score (nSPS) is 20.0. The maximum Gasteiger partial charge on any atom is 0.421 e. The first-order valence-electron chi connectivity index (χ1n) is 11.2. The molecule has 202 valence electrons. The van der Waals surface area contributed by atoms with Crippen molar-refractivity contribution in [2.45, 2.75) is 42.8 Å². The second-order valence-corrected chi connectivity index (χ2v) is 14.2. The van der Waals surface area contributed by atoms with Crippen LogP contribution in [0.3, 0.4) is 0 Å². The zero-order chi connectivity index (χ0) is 26.9. The second-order valence-electron chi connectivity index (χ2n) is 9.28. The van der Waals surface area contributed by atoms with Crippen LogP contribution in [0.15, 0.2) is 46.0 Å². The van der Waals surface area contributed by atoms with Crippen molar-refractivity contribution in [2.24, 2.45) is 5.92 Å². The number of aliphatic hydroxyl groups is 1. The molecule has 3 rings (SSSR count). The van der Waals surface area contributed by atoms with E-state index in [9.17, 15) is 35.1 Å². The number of nitrogens with zero attached hydrogens (tertiary/aromatic N) is 2. The van der Waals surface area contributed by atoms with E-state index in [2.05, 4.69) is 4.72 Å². The second kappa shape index (κ2) is 10.6. The summed E-state index contributed by atoms with van der Waals surface area (Å²) in [6.45, 7) is 4.38. The number of rotatable bonds is 9. The summed E-state index contributed by atoms with van der Waals surface area (Å²) in [5, 5.41) is 11.6. The molecule has 0 bridgehead atoms. The molecule has 1 fully saturated rings. The van der Waals surface area contributed by atoms with Crippen molar-refractivity contribution in [3.8, 4) is 0 Å². The molecule has 0 amide bonds. The fraction of sp³-hybridized carbons (Fsp3) is 0.545. The Morgan fingerprint density at radius 3 is 2.28 bits per heavy atom. The van der Waals surface area contributed by atoms with Crippen LogP contribution < -0.4 is 9.62 Å². The molecule has 1 aromatic heterocycles. The molecule has 0 unspecified atom stereocenters. The summed E-state index contributed by atoms with van der Waals surface area (Å²) in [5.41, 5.74) is -2.89. The molecule has 14 heteroatoms. The van der Waals surface area contributed by atoms with E-state index in [4.69, 9.17) is 0 Å². The highest BCUT2D eigenvalue weighted by molar-refractivity contribution is 7.91. The van der Waals surface area contributed by atoms with Crippen LogP contribution in [0.25, 0.3) is 0 Å². The SMILES string of the molecule is CC(C)CS(=O)(=O)NC[C@H]1CN(S(=O)(=O)c2cccs2)CCN1c1ccc([C@@](C)(O)C(F)(F)F)cc1. The van der Waals surface area contributed by atoms with Crippen molar-refractivity contribution >= 4 is 37.1 Å². The molecule has 0 saturated carbocycles. The third kappa shape index (κ3) is 6.40. The van der Waals surface area contributed by atoms with Crippen molar-refractivity contribution < 1.29 is 35.1 Å². The van der Waals surface area contributed by atoms with Gasteiger partial charge in [-0.1, -0.05) is 32.0 Å². The van der Waals surface area contributed by atoms with Gasteiger partial charge < -0.3 is 10.0 Å². The van der Waals surface area contributed by atoms with Gasteiger partial charge in [-0.3, -0.25) is 0 Å². The van der Waals surface area contributed by atoms with E-state index in [1.807, 2.05) is 0 Å². The number of hydrogen-bond donors (Lipinski definition) is 2. The van der Waals surface area contributed by atoms with Gasteiger partial charge in [0.05, 0.1) is 11.8 Å². The molecule has 8 nitrogen and oxygen atoms in total. The zero-order valence-corrected chi connectivity index (χ0v) is 22.5. The number of thiophene rings is 1. The number of anilines is 1. The van der Waals surface area contributed by atoms with Crippen LogP contribution >= 0.6 is 11.3 Å². The highest BCUT2D eigenvalue weighted by atomic mass is 32.2. The van der Waals surface area contributed by atoms with E-state index in [-0.39, 0.29) is 47.6 Å². The van der Waals surface area contributed by atoms with Crippen LogP contribution in [0.2, 0.25) is 0 Å². The van der Waals surface area contributed by atoms with Crippen LogP contribution in [-0.4, -0.2) is 70.4 Å². The molecule has 2 aromatic rings. The largest absolute Gasteiger partial charge is 0.421 e. The lowest BCUT2D eigenvalue weighted by Crippen LogP contribution is -2.58. The summed E-state index contributed by atoms with van der Waals surface area (Å²) in [6, 6.07) is 7.66. The van der Waals surface area contributed by atoms with Gasteiger partial charge in [-0.2, -0.15) is 17.5 Å². The summed E-state index contributed by atoms with van der Waals surface area (Å²) in [4.78, 5) is 1.77.